The Morgan fingerprint density at radius 3 is 1.89 bits per heavy atom. The minimum atomic E-state index is -0.271. The highest BCUT2D eigenvalue weighted by molar-refractivity contribution is 7.14. The molecule has 0 radical (unpaired) electrons. The maximum Gasteiger partial charge on any atom is 0.265 e. The van der Waals surface area contributed by atoms with Gasteiger partial charge in [0, 0.05) is 22.6 Å². The number of aryl methyl sites for hydroxylation is 1. The summed E-state index contributed by atoms with van der Waals surface area (Å²) in [7, 11) is 2.99. The van der Waals surface area contributed by atoms with Crippen LogP contribution in [0.25, 0.3) is 0 Å². The molecule has 0 aliphatic heterocycles. The van der Waals surface area contributed by atoms with E-state index in [9.17, 15) is 9.59 Å². The summed E-state index contributed by atoms with van der Waals surface area (Å²) in [5.74, 6) is 0.305. The molecular weight excluding hydrogens is 376 g/mol. The van der Waals surface area contributed by atoms with Crippen molar-refractivity contribution in [2.45, 2.75) is 6.92 Å². The first-order valence-electron chi connectivity index (χ1n) is 8.52. The molecule has 144 valence electrons. The molecule has 0 aliphatic rings. The molecule has 3 rings (SSSR count). The highest BCUT2D eigenvalue weighted by atomic mass is 32.1. The molecule has 6 nitrogen and oxygen atoms in total. The Bertz CT molecular complexity index is 999. The number of carbonyl (C=O) groups is 2. The minimum absolute atomic E-state index is 0.237. The number of thiophene rings is 1. The van der Waals surface area contributed by atoms with Gasteiger partial charge in [0.15, 0.2) is 0 Å². The van der Waals surface area contributed by atoms with Crippen LogP contribution in [0.2, 0.25) is 0 Å². The van der Waals surface area contributed by atoms with E-state index in [-0.39, 0.29) is 11.8 Å². The second kappa shape index (κ2) is 8.58. The van der Waals surface area contributed by atoms with Gasteiger partial charge in [0.05, 0.1) is 30.5 Å². The third kappa shape index (κ3) is 4.32. The van der Waals surface area contributed by atoms with Gasteiger partial charge in [0.1, 0.15) is 11.5 Å². The first-order chi connectivity index (χ1) is 13.5. The molecule has 0 unspecified atom stereocenters. The summed E-state index contributed by atoms with van der Waals surface area (Å²) in [4.78, 5) is 26.6. The van der Waals surface area contributed by atoms with E-state index in [0.717, 1.165) is 4.88 Å². The molecule has 0 saturated heterocycles. The normalized spacial score (nSPS) is 10.2. The molecule has 0 spiro atoms. The predicted octanol–water partition coefficient (Wildman–Crippen LogP) is 4.58. The van der Waals surface area contributed by atoms with E-state index in [1.54, 1.807) is 42.5 Å². The number of benzene rings is 2. The number of rotatable bonds is 6. The van der Waals surface area contributed by atoms with Crippen LogP contribution in [0.4, 0.5) is 11.4 Å². The van der Waals surface area contributed by atoms with Gasteiger partial charge in [-0.05, 0) is 31.2 Å². The van der Waals surface area contributed by atoms with Crippen molar-refractivity contribution < 1.29 is 19.1 Å². The summed E-state index contributed by atoms with van der Waals surface area (Å²) in [5, 5.41) is 5.65. The van der Waals surface area contributed by atoms with Gasteiger partial charge >= 0.3 is 0 Å². The zero-order valence-electron chi connectivity index (χ0n) is 15.7. The Morgan fingerprint density at radius 1 is 0.821 bits per heavy atom. The van der Waals surface area contributed by atoms with Crippen LogP contribution >= 0.6 is 11.3 Å². The van der Waals surface area contributed by atoms with Gasteiger partial charge in [-0.1, -0.05) is 18.2 Å². The second-order valence-corrected chi connectivity index (χ2v) is 7.23. The summed E-state index contributed by atoms with van der Waals surface area (Å²) < 4.78 is 10.8. The highest BCUT2D eigenvalue weighted by Gasteiger charge is 2.17. The largest absolute Gasteiger partial charge is 0.494 e. The van der Waals surface area contributed by atoms with Crippen LogP contribution in [-0.2, 0) is 0 Å². The number of hydrogen-bond donors (Lipinski definition) is 2. The molecule has 2 aromatic carbocycles. The van der Waals surface area contributed by atoms with Crippen LogP contribution in [0.1, 0.15) is 24.9 Å². The van der Waals surface area contributed by atoms with E-state index in [1.165, 1.54) is 25.6 Å². The fourth-order valence-corrected chi connectivity index (χ4v) is 3.38. The summed E-state index contributed by atoms with van der Waals surface area (Å²) in [6, 6.07) is 15.8. The van der Waals surface area contributed by atoms with Gasteiger partial charge in [0.2, 0.25) is 0 Å². The molecule has 0 fully saturated rings. The Hall–Kier alpha value is -3.32. The van der Waals surface area contributed by atoms with Crippen molar-refractivity contribution in [3.63, 3.8) is 0 Å². The number of carbonyl (C=O) groups excluding carboxylic acids is 2. The average Bonchev–Trinajstić information content (AvgIpc) is 3.15. The lowest BCUT2D eigenvalue weighted by Gasteiger charge is -2.16. The third-order valence-electron chi connectivity index (χ3n) is 4.02. The van der Waals surface area contributed by atoms with Gasteiger partial charge in [0.25, 0.3) is 11.8 Å². The maximum atomic E-state index is 12.5. The number of amides is 2. The third-order valence-corrected chi connectivity index (χ3v) is 5.02. The van der Waals surface area contributed by atoms with Crippen molar-refractivity contribution in [2.75, 3.05) is 24.9 Å². The molecule has 2 amide bonds. The van der Waals surface area contributed by atoms with Crippen molar-refractivity contribution in [2.24, 2.45) is 0 Å². The van der Waals surface area contributed by atoms with Crippen LogP contribution in [-0.4, -0.2) is 26.0 Å². The number of nitrogens with one attached hydrogen (secondary N) is 2. The minimum Gasteiger partial charge on any atom is -0.494 e. The van der Waals surface area contributed by atoms with Crippen LogP contribution in [0, 0.1) is 6.92 Å². The highest BCUT2D eigenvalue weighted by Crippen LogP contribution is 2.37. The molecule has 2 N–H and O–H groups in total. The first-order valence-corrected chi connectivity index (χ1v) is 9.33. The lowest BCUT2D eigenvalue weighted by atomic mass is 10.2. The Morgan fingerprint density at radius 2 is 1.39 bits per heavy atom. The summed E-state index contributed by atoms with van der Waals surface area (Å²) in [5.41, 5.74) is 1.42. The van der Waals surface area contributed by atoms with Crippen LogP contribution in [0.15, 0.2) is 54.6 Å². The second-order valence-electron chi connectivity index (χ2n) is 5.94. The van der Waals surface area contributed by atoms with E-state index in [4.69, 9.17) is 9.47 Å². The van der Waals surface area contributed by atoms with Crippen molar-refractivity contribution >= 4 is 34.5 Å². The van der Waals surface area contributed by atoms with E-state index in [2.05, 4.69) is 10.6 Å². The summed E-state index contributed by atoms with van der Waals surface area (Å²) >= 11 is 1.41. The first kappa shape index (κ1) is 19.4. The van der Waals surface area contributed by atoms with Crippen LogP contribution in [0.3, 0.4) is 0 Å². The molecule has 1 aromatic heterocycles. The van der Waals surface area contributed by atoms with Gasteiger partial charge in [-0.3, -0.25) is 9.59 Å². The Labute approximate surface area is 167 Å². The topological polar surface area (TPSA) is 76.7 Å². The van der Waals surface area contributed by atoms with Crippen LogP contribution < -0.4 is 20.1 Å². The number of ether oxygens (including phenoxy) is 2. The molecule has 0 bridgehead atoms. The van der Waals surface area contributed by atoms with Gasteiger partial charge < -0.3 is 20.1 Å². The standard InChI is InChI=1S/C21H20N2O4S/c1-13-9-10-19(28-13)21(25)23-16-12-17(26-2)15(11-18(16)27-3)22-20(24)14-7-5-4-6-8-14/h4-12H,1-3H3,(H,22,24)(H,23,25). The van der Waals surface area contributed by atoms with Gasteiger partial charge in [-0.25, -0.2) is 0 Å². The molecule has 0 aliphatic carbocycles. The molecule has 3 aromatic rings. The number of hydrogen-bond acceptors (Lipinski definition) is 5. The lowest BCUT2D eigenvalue weighted by molar-refractivity contribution is 0.101. The van der Waals surface area contributed by atoms with Gasteiger partial charge in [-0.2, -0.15) is 0 Å². The van der Waals surface area contributed by atoms with Crippen molar-refractivity contribution in [1.82, 2.24) is 0 Å². The Kier molecular flexibility index (Phi) is 5.96. The fraction of sp³-hybridized carbons (Fsp3) is 0.143. The monoisotopic (exact) mass is 396 g/mol. The van der Waals surface area contributed by atoms with Crippen LogP contribution in [0.5, 0.6) is 11.5 Å². The molecule has 0 saturated carbocycles. The van der Waals surface area contributed by atoms with E-state index in [1.807, 2.05) is 19.1 Å². The molecule has 7 heteroatoms. The van der Waals surface area contributed by atoms with Crippen molar-refractivity contribution in [1.29, 1.82) is 0 Å². The summed E-state index contributed by atoms with van der Waals surface area (Å²) in [6.07, 6.45) is 0. The van der Waals surface area contributed by atoms with Crippen molar-refractivity contribution in [3.8, 4) is 11.5 Å². The molecule has 1 heterocycles. The zero-order valence-corrected chi connectivity index (χ0v) is 16.6. The number of methoxy groups -OCH3 is 2. The Balaban J connectivity index is 1.87. The maximum absolute atomic E-state index is 12.5. The van der Waals surface area contributed by atoms with E-state index in [0.29, 0.717) is 33.3 Å². The van der Waals surface area contributed by atoms with Gasteiger partial charge in [-0.15, -0.1) is 11.3 Å². The average molecular weight is 396 g/mol. The molecule has 0 atom stereocenters. The SMILES string of the molecule is COc1cc(NC(=O)c2ccc(C)s2)c(OC)cc1NC(=O)c1ccccc1. The quantitative estimate of drug-likeness (QED) is 0.639. The molecule has 28 heavy (non-hydrogen) atoms. The van der Waals surface area contributed by atoms with Crippen molar-refractivity contribution in [3.05, 3.63) is 69.9 Å². The lowest BCUT2D eigenvalue weighted by Crippen LogP contribution is -2.14. The smallest absolute Gasteiger partial charge is 0.265 e. The summed E-state index contributed by atoms with van der Waals surface area (Å²) in [6.45, 7) is 1.94. The fourth-order valence-electron chi connectivity index (χ4n) is 2.62. The number of anilines is 2. The predicted molar refractivity (Wildman–Crippen MR) is 111 cm³/mol. The molecular formula is C21H20N2O4S. The zero-order chi connectivity index (χ0) is 20.1. The van der Waals surface area contributed by atoms with E-state index < -0.39 is 0 Å². The van der Waals surface area contributed by atoms with E-state index >= 15 is 0 Å².